The fourth-order valence-corrected chi connectivity index (χ4v) is 6.86. The maximum absolute atomic E-state index is 14.5. The molecule has 0 radical (unpaired) electrons. The summed E-state index contributed by atoms with van der Waals surface area (Å²) in [5.41, 5.74) is 5.73. The standard InChI is InChI=1S/C47H47N5O8/c1-29-12-14-31(15-13-29)25-37-43(55)50-39(26-32-16-20-35(21-17-32)34-10-6-3-7-11-34)44(56)51-38(24-30-8-4-2-5-9-30)45(57)52-40(47(59)60)27-33-18-22-36(23-19-33)48-46(58)41(53)28-42(54)49-37/h2-23,37-41,53H,24-28H2,1H3,(H,48,58)(H,49,54)(H,50,55)(H,51,56)(H,52,57)(H,59,60). The topological polar surface area (TPSA) is 203 Å². The number of carbonyl (C=O) groups is 6. The molecular weight excluding hydrogens is 763 g/mol. The number of hydrogen-bond donors (Lipinski definition) is 7. The lowest BCUT2D eigenvalue weighted by atomic mass is 9.98. The third-order valence-electron chi connectivity index (χ3n) is 10.2. The van der Waals surface area contributed by atoms with Crippen molar-refractivity contribution in [1.82, 2.24) is 21.3 Å². The molecule has 13 nitrogen and oxygen atoms in total. The van der Waals surface area contributed by atoms with Crippen LogP contribution in [-0.2, 0) is 54.5 Å². The Morgan fingerprint density at radius 3 is 1.55 bits per heavy atom. The van der Waals surface area contributed by atoms with Gasteiger partial charge in [-0.15, -0.1) is 0 Å². The van der Waals surface area contributed by atoms with Crippen LogP contribution >= 0.6 is 0 Å². The summed E-state index contributed by atoms with van der Waals surface area (Å²) < 4.78 is 0. The number of anilines is 1. The zero-order valence-corrected chi connectivity index (χ0v) is 33.0. The first-order chi connectivity index (χ1) is 28.9. The molecule has 0 fully saturated rings. The Morgan fingerprint density at radius 2 is 1.00 bits per heavy atom. The smallest absolute Gasteiger partial charge is 0.326 e. The molecule has 0 saturated carbocycles. The first-order valence-corrected chi connectivity index (χ1v) is 19.6. The number of carbonyl (C=O) groups excluding carboxylic acids is 5. The van der Waals surface area contributed by atoms with Crippen molar-refractivity contribution in [3.63, 3.8) is 0 Å². The number of hydrogen-bond acceptors (Lipinski definition) is 7. The van der Waals surface area contributed by atoms with E-state index < -0.39 is 72.2 Å². The molecule has 13 heteroatoms. The first-order valence-electron chi connectivity index (χ1n) is 19.6. The lowest BCUT2D eigenvalue weighted by Gasteiger charge is -2.26. The van der Waals surface area contributed by atoms with E-state index in [-0.39, 0.29) is 31.4 Å². The lowest BCUT2D eigenvalue weighted by Crippen LogP contribution is -2.59. The highest BCUT2D eigenvalue weighted by molar-refractivity contribution is 5.98. The van der Waals surface area contributed by atoms with Crippen molar-refractivity contribution in [2.45, 2.75) is 69.3 Å². The summed E-state index contributed by atoms with van der Waals surface area (Å²) in [5, 5.41) is 34.3. The summed E-state index contributed by atoms with van der Waals surface area (Å²) in [4.78, 5) is 81.6. The summed E-state index contributed by atoms with van der Waals surface area (Å²) in [6, 6.07) is 34.3. The number of aryl methyl sites for hydroxylation is 1. The molecule has 0 aromatic heterocycles. The van der Waals surface area contributed by atoms with Crippen LogP contribution in [0.4, 0.5) is 5.69 Å². The second kappa shape index (κ2) is 20.0. The number of carboxylic acids is 1. The summed E-state index contributed by atoms with van der Waals surface area (Å²) in [5.74, 6) is -5.20. The fourth-order valence-electron chi connectivity index (χ4n) is 6.86. The molecule has 5 atom stereocenters. The third-order valence-corrected chi connectivity index (χ3v) is 10.2. The summed E-state index contributed by atoms with van der Waals surface area (Å²) in [7, 11) is 0. The van der Waals surface area contributed by atoms with E-state index >= 15 is 0 Å². The van der Waals surface area contributed by atoms with Gasteiger partial charge in [-0.1, -0.05) is 127 Å². The molecule has 0 saturated heterocycles. The molecular formula is C47H47N5O8. The average molecular weight is 810 g/mol. The zero-order chi connectivity index (χ0) is 42.6. The summed E-state index contributed by atoms with van der Waals surface area (Å²) in [6.45, 7) is 1.91. The molecule has 5 unspecified atom stereocenters. The highest BCUT2D eigenvalue weighted by Crippen LogP contribution is 2.20. The highest BCUT2D eigenvalue weighted by Gasteiger charge is 2.33. The molecule has 5 amide bonds. The number of aliphatic carboxylic acids is 1. The molecule has 308 valence electrons. The van der Waals surface area contributed by atoms with E-state index in [4.69, 9.17) is 0 Å². The molecule has 5 aromatic rings. The summed E-state index contributed by atoms with van der Waals surface area (Å²) >= 11 is 0. The van der Waals surface area contributed by atoms with Gasteiger partial charge in [0.25, 0.3) is 5.91 Å². The molecule has 7 rings (SSSR count). The van der Waals surface area contributed by atoms with Crippen molar-refractivity contribution in [3.8, 4) is 11.1 Å². The number of aliphatic hydroxyl groups is 1. The van der Waals surface area contributed by atoms with Crippen molar-refractivity contribution < 1.29 is 39.0 Å². The molecule has 60 heavy (non-hydrogen) atoms. The number of nitrogens with one attached hydrogen (secondary N) is 5. The monoisotopic (exact) mass is 809 g/mol. The maximum atomic E-state index is 14.5. The van der Waals surface area contributed by atoms with Gasteiger partial charge in [0.15, 0.2) is 0 Å². The Morgan fingerprint density at radius 1 is 0.533 bits per heavy atom. The Kier molecular flexibility index (Phi) is 14.2. The Bertz CT molecular complexity index is 2290. The molecule has 0 aliphatic carbocycles. The average Bonchev–Trinajstić information content (AvgIpc) is 3.24. The molecule has 5 aromatic carbocycles. The van der Waals surface area contributed by atoms with E-state index in [1.807, 2.05) is 73.7 Å². The van der Waals surface area contributed by atoms with Crippen LogP contribution in [0.2, 0.25) is 0 Å². The number of benzene rings is 5. The second-order valence-corrected chi connectivity index (χ2v) is 14.9. The molecule has 0 spiro atoms. The minimum absolute atomic E-state index is 0.0000190. The van der Waals surface area contributed by atoms with Gasteiger partial charge in [-0.3, -0.25) is 24.0 Å². The van der Waals surface area contributed by atoms with Crippen LogP contribution in [0, 0.1) is 6.92 Å². The van der Waals surface area contributed by atoms with Gasteiger partial charge < -0.3 is 36.8 Å². The van der Waals surface area contributed by atoms with Crippen molar-refractivity contribution in [3.05, 3.63) is 161 Å². The number of fused-ring (bicyclic) bond motifs is 18. The number of amides is 5. The molecule has 2 aliphatic heterocycles. The van der Waals surface area contributed by atoms with E-state index in [0.717, 1.165) is 16.7 Å². The van der Waals surface area contributed by atoms with E-state index in [1.54, 1.807) is 54.6 Å². The van der Waals surface area contributed by atoms with Crippen molar-refractivity contribution in [2.24, 2.45) is 0 Å². The van der Waals surface area contributed by atoms with Crippen molar-refractivity contribution in [2.75, 3.05) is 5.32 Å². The normalized spacial score (nSPS) is 20.7. The van der Waals surface area contributed by atoms with Crippen molar-refractivity contribution >= 4 is 41.2 Å². The number of carboxylic acid groups (broad SMARTS) is 1. The largest absolute Gasteiger partial charge is 0.480 e. The van der Waals surface area contributed by atoms with Crippen molar-refractivity contribution in [1.29, 1.82) is 0 Å². The van der Waals surface area contributed by atoms with Gasteiger partial charge in [-0.25, -0.2) is 4.79 Å². The third kappa shape index (κ3) is 12.0. The number of rotatable bonds is 8. The van der Waals surface area contributed by atoms with E-state index in [9.17, 15) is 39.0 Å². The Balaban J connectivity index is 1.36. The predicted molar refractivity (Wildman–Crippen MR) is 225 cm³/mol. The Hall–Kier alpha value is -7.12. The quantitative estimate of drug-likeness (QED) is 0.115. The van der Waals surface area contributed by atoms with Gasteiger partial charge >= 0.3 is 5.97 Å². The molecule has 2 heterocycles. The van der Waals surface area contributed by atoms with Gasteiger partial charge in [0.1, 0.15) is 30.3 Å². The molecule has 2 aliphatic rings. The van der Waals surface area contributed by atoms with Crippen LogP contribution < -0.4 is 26.6 Å². The fraction of sp³-hybridized carbons (Fsp3) is 0.234. The SMILES string of the molecule is Cc1ccc(CC2NC(=O)CC(O)C(=O)Nc3ccc(cc3)CC(C(=O)O)NC(=O)C(Cc3ccccc3)NC(=O)C(Cc3ccc(-c4ccccc4)cc3)NC2=O)cc1. The predicted octanol–water partition coefficient (Wildman–Crippen LogP) is 3.66. The Labute approximate surface area is 347 Å². The minimum Gasteiger partial charge on any atom is -0.480 e. The zero-order valence-electron chi connectivity index (χ0n) is 33.0. The van der Waals surface area contributed by atoms with Crippen LogP contribution in [0.25, 0.3) is 11.1 Å². The highest BCUT2D eigenvalue weighted by atomic mass is 16.4. The van der Waals surface area contributed by atoms with E-state index in [1.165, 1.54) is 12.1 Å². The number of aliphatic hydroxyl groups excluding tert-OH is 1. The van der Waals surface area contributed by atoms with Gasteiger partial charge in [0.05, 0.1) is 6.42 Å². The van der Waals surface area contributed by atoms with Gasteiger partial charge in [0.2, 0.25) is 23.6 Å². The van der Waals surface area contributed by atoms with Crippen LogP contribution in [-0.4, -0.2) is 76.0 Å². The van der Waals surface area contributed by atoms with Crippen LogP contribution in [0.15, 0.2) is 133 Å². The van der Waals surface area contributed by atoms with Gasteiger partial charge in [0, 0.05) is 31.4 Å². The first kappa shape index (κ1) is 42.5. The summed E-state index contributed by atoms with van der Waals surface area (Å²) in [6.07, 6.45) is -2.61. The minimum atomic E-state index is -1.78. The van der Waals surface area contributed by atoms with Gasteiger partial charge in [-0.05, 0) is 52.4 Å². The van der Waals surface area contributed by atoms with Gasteiger partial charge in [-0.2, -0.15) is 0 Å². The van der Waals surface area contributed by atoms with E-state index in [2.05, 4.69) is 26.6 Å². The molecule has 7 N–H and O–H groups in total. The van der Waals surface area contributed by atoms with Crippen LogP contribution in [0.5, 0.6) is 0 Å². The maximum Gasteiger partial charge on any atom is 0.326 e. The van der Waals surface area contributed by atoms with E-state index in [0.29, 0.717) is 22.3 Å². The second-order valence-electron chi connectivity index (χ2n) is 14.9. The van der Waals surface area contributed by atoms with Crippen LogP contribution in [0.1, 0.15) is 34.2 Å². The lowest BCUT2D eigenvalue weighted by molar-refractivity contribution is -0.142. The van der Waals surface area contributed by atoms with Crippen LogP contribution in [0.3, 0.4) is 0 Å². The molecule has 2 bridgehead atoms.